The monoisotopic (exact) mass is 322 g/mol. The number of benzene rings is 1. The molecule has 5 heteroatoms. The van der Waals surface area contributed by atoms with Crippen LogP contribution in [0, 0.1) is 13.8 Å². The summed E-state index contributed by atoms with van der Waals surface area (Å²) in [7, 11) is 0. The zero-order valence-electron chi connectivity index (χ0n) is 14.5. The van der Waals surface area contributed by atoms with Crippen molar-refractivity contribution in [3.05, 3.63) is 53.3 Å². The zero-order valence-corrected chi connectivity index (χ0v) is 14.5. The van der Waals surface area contributed by atoms with Crippen LogP contribution in [0.3, 0.4) is 0 Å². The van der Waals surface area contributed by atoms with Gasteiger partial charge < -0.3 is 5.32 Å². The molecule has 1 aromatic carbocycles. The van der Waals surface area contributed by atoms with Gasteiger partial charge in [0.2, 0.25) is 0 Å². The normalized spacial score (nSPS) is 12.3. The van der Waals surface area contributed by atoms with E-state index < -0.39 is 0 Å². The van der Waals surface area contributed by atoms with Crippen molar-refractivity contribution in [1.29, 1.82) is 0 Å². The van der Waals surface area contributed by atoms with Crippen LogP contribution in [0.2, 0.25) is 0 Å². The predicted octanol–water partition coefficient (Wildman–Crippen LogP) is 4.27. The number of pyridine rings is 1. The zero-order chi connectivity index (χ0) is 17.3. The maximum absolute atomic E-state index is 12.7. The molecule has 0 saturated carbocycles. The smallest absolute Gasteiger partial charge is 0.258 e. The molecule has 0 bridgehead atoms. The average Bonchev–Trinajstić information content (AvgIpc) is 3.01. The second-order valence-corrected chi connectivity index (χ2v) is 6.19. The molecule has 0 aliphatic carbocycles. The van der Waals surface area contributed by atoms with Crippen molar-refractivity contribution in [2.75, 3.05) is 5.32 Å². The van der Waals surface area contributed by atoms with E-state index in [1.54, 1.807) is 6.20 Å². The maximum Gasteiger partial charge on any atom is 0.258 e. The lowest BCUT2D eigenvalue weighted by atomic mass is 10.1. The predicted molar refractivity (Wildman–Crippen MR) is 96.4 cm³/mol. The van der Waals surface area contributed by atoms with Gasteiger partial charge in [-0.1, -0.05) is 18.6 Å². The van der Waals surface area contributed by atoms with Crippen LogP contribution in [0.1, 0.15) is 47.9 Å². The van der Waals surface area contributed by atoms with Crippen LogP contribution in [0.4, 0.5) is 5.82 Å². The number of hydrogen-bond donors (Lipinski definition) is 1. The van der Waals surface area contributed by atoms with Gasteiger partial charge in [-0.2, -0.15) is 5.10 Å². The summed E-state index contributed by atoms with van der Waals surface area (Å²) in [5.41, 5.74) is 3.36. The SMILES string of the molecule is CC[C@H](C)n1nccc1NC(=O)c1cc2cc(C)ccc2nc1C. The summed E-state index contributed by atoms with van der Waals surface area (Å²) in [4.78, 5) is 17.3. The van der Waals surface area contributed by atoms with E-state index in [1.807, 2.05) is 48.9 Å². The number of nitrogens with one attached hydrogen (secondary N) is 1. The minimum atomic E-state index is -0.159. The molecule has 3 aromatic rings. The number of aryl methyl sites for hydroxylation is 2. The largest absolute Gasteiger partial charge is 0.307 e. The second kappa shape index (κ2) is 6.43. The summed E-state index contributed by atoms with van der Waals surface area (Å²) >= 11 is 0. The Balaban J connectivity index is 1.94. The molecule has 0 aliphatic rings. The van der Waals surface area contributed by atoms with Crippen molar-refractivity contribution in [2.24, 2.45) is 0 Å². The Hall–Kier alpha value is -2.69. The van der Waals surface area contributed by atoms with E-state index >= 15 is 0 Å². The van der Waals surface area contributed by atoms with E-state index in [0.717, 1.165) is 28.6 Å². The number of rotatable bonds is 4. The Labute approximate surface area is 141 Å². The molecule has 1 amide bonds. The molecule has 0 saturated heterocycles. The van der Waals surface area contributed by atoms with Crippen LogP contribution in [-0.2, 0) is 0 Å². The molecule has 124 valence electrons. The standard InChI is InChI=1S/C19H22N4O/c1-5-13(3)23-18(8-9-20-23)22-19(24)16-11-15-10-12(2)6-7-17(15)21-14(16)4/h6-11,13H,5H2,1-4H3,(H,22,24)/t13-/m0/s1. The maximum atomic E-state index is 12.7. The Bertz CT molecular complexity index is 898. The van der Waals surface area contributed by atoms with Gasteiger partial charge in [0.1, 0.15) is 5.82 Å². The molecule has 1 atom stereocenters. The van der Waals surface area contributed by atoms with Crippen molar-refractivity contribution in [2.45, 2.75) is 40.2 Å². The molecule has 24 heavy (non-hydrogen) atoms. The first-order valence-electron chi connectivity index (χ1n) is 8.22. The third-order valence-corrected chi connectivity index (χ3v) is 4.33. The Morgan fingerprint density at radius 1 is 1.25 bits per heavy atom. The fraction of sp³-hybridized carbons (Fsp3) is 0.316. The molecule has 0 aliphatic heterocycles. The van der Waals surface area contributed by atoms with Gasteiger partial charge in [-0.3, -0.25) is 9.78 Å². The van der Waals surface area contributed by atoms with E-state index in [4.69, 9.17) is 0 Å². The van der Waals surface area contributed by atoms with Gasteiger partial charge in [0.15, 0.2) is 0 Å². The number of fused-ring (bicyclic) bond motifs is 1. The van der Waals surface area contributed by atoms with E-state index in [2.05, 4.69) is 29.2 Å². The number of amides is 1. The molecular weight excluding hydrogens is 300 g/mol. The van der Waals surface area contributed by atoms with E-state index in [1.165, 1.54) is 0 Å². The highest BCUT2D eigenvalue weighted by atomic mass is 16.1. The minimum absolute atomic E-state index is 0.159. The Morgan fingerprint density at radius 3 is 2.79 bits per heavy atom. The molecular formula is C19H22N4O. The van der Waals surface area contributed by atoms with E-state index in [0.29, 0.717) is 11.4 Å². The van der Waals surface area contributed by atoms with E-state index in [-0.39, 0.29) is 11.9 Å². The van der Waals surface area contributed by atoms with Crippen molar-refractivity contribution in [3.63, 3.8) is 0 Å². The third kappa shape index (κ3) is 3.02. The fourth-order valence-corrected chi connectivity index (χ4v) is 2.74. The first-order chi connectivity index (χ1) is 11.5. The number of carbonyl (C=O) groups excluding carboxylic acids is 1. The van der Waals surface area contributed by atoms with Crippen molar-refractivity contribution < 1.29 is 4.79 Å². The Kier molecular flexibility index (Phi) is 4.34. The van der Waals surface area contributed by atoms with Crippen LogP contribution in [0.15, 0.2) is 36.5 Å². The lowest BCUT2D eigenvalue weighted by Crippen LogP contribution is -2.18. The molecule has 0 spiro atoms. The first-order valence-corrected chi connectivity index (χ1v) is 8.22. The van der Waals surface area contributed by atoms with Crippen LogP contribution >= 0.6 is 0 Å². The first kappa shape index (κ1) is 16.2. The summed E-state index contributed by atoms with van der Waals surface area (Å²) in [6.45, 7) is 8.07. The Morgan fingerprint density at radius 2 is 2.04 bits per heavy atom. The quantitative estimate of drug-likeness (QED) is 0.780. The van der Waals surface area contributed by atoms with Gasteiger partial charge in [0.25, 0.3) is 5.91 Å². The topological polar surface area (TPSA) is 59.8 Å². The second-order valence-electron chi connectivity index (χ2n) is 6.19. The highest BCUT2D eigenvalue weighted by Crippen LogP contribution is 2.21. The van der Waals surface area contributed by atoms with Gasteiger partial charge in [-0.25, -0.2) is 4.68 Å². The molecule has 5 nitrogen and oxygen atoms in total. The number of hydrogen-bond acceptors (Lipinski definition) is 3. The van der Waals surface area contributed by atoms with Gasteiger partial charge in [0.05, 0.1) is 29.0 Å². The summed E-state index contributed by atoms with van der Waals surface area (Å²) < 4.78 is 1.84. The fourth-order valence-electron chi connectivity index (χ4n) is 2.74. The van der Waals surface area contributed by atoms with Crippen LogP contribution in [-0.4, -0.2) is 20.7 Å². The van der Waals surface area contributed by atoms with Gasteiger partial charge >= 0.3 is 0 Å². The summed E-state index contributed by atoms with van der Waals surface area (Å²) in [5.74, 6) is 0.548. The molecule has 0 unspecified atom stereocenters. The van der Waals surface area contributed by atoms with Crippen molar-refractivity contribution >= 4 is 22.6 Å². The molecule has 2 heterocycles. The number of anilines is 1. The molecule has 2 aromatic heterocycles. The molecule has 1 N–H and O–H groups in total. The van der Waals surface area contributed by atoms with E-state index in [9.17, 15) is 4.79 Å². The highest BCUT2D eigenvalue weighted by molar-refractivity contribution is 6.06. The summed E-state index contributed by atoms with van der Waals surface area (Å²) in [6.07, 6.45) is 2.65. The summed E-state index contributed by atoms with van der Waals surface area (Å²) in [5, 5.41) is 8.24. The van der Waals surface area contributed by atoms with Gasteiger partial charge in [-0.15, -0.1) is 0 Å². The number of aromatic nitrogens is 3. The van der Waals surface area contributed by atoms with Crippen molar-refractivity contribution in [1.82, 2.24) is 14.8 Å². The number of carbonyl (C=O) groups is 1. The molecule has 0 radical (unpaired) electrons. The van der Waals surface area contributed by atoms with Crippen LogP contribution in [0.5, 0.6) is 0 Å². The van der Waals surface area contributed by atoms with Gasteiger partial charge in [-0.05, 0) is 45.4 Å². The van der Waals surface area contributed by atoms with Crippen molar-refractivity contribution in [3.8, 4) is 0 Å². The minimum Gasteiger partial charge on any atom is -0.307 e. The van der Waals surface area contributed by atoms with Crippen LogP contribution < -0.4 is 5.32 Å². The van der Waals surface area contributed by atoms with Gasteiger partial charge in [0, 0.05) is 11.5 Å². The van der Waals surface area contributed by atoms with Crippen LogP contribution in [0.25, 0.3) is 10.9 Å². The third-order valence-electron chi connectivity index (χ3n) is 4.33. The lowest BCUT2D eigenvalue weighted by Gasteiger charge is -2.15. The highest BCUT2D eigenvalue weighted by Gasteiger charge is 2.15. The number of nitrogens with zero attached hydrogens (tertiary/aromatic N) is 3. The lowest BCUT2D eigenvalue weighted by molar-refractivity contribution is 0.102. The molecule has 0 fully saturated rings. The average molecular weight is 322 g/mol. The molecule has 3 rings (SSSR count). The summed E-state index contributed by atoms with van der Waals surface area (Å²) in [6, 6.07) is 10.0.